The molecule has 1 heterocycles. The maximum absolute atomic E-state index is 12.6. The Morgan fingerprint density at radius 1 is 1.38 bits per heavy atom. The number of hydrogen-bond acceptors (Lipinski definition) is 4. The third-order valence-corrected chi connectivity index (χ3v) is 5.33. The van der Waals surface area contributed by atoms with E-state index in [-0.39, 0.29) is 12.0 Å². The zero-order valence-electron chi connectivity index (χ0n) is 14.5. The fourth-order valence-corrected chi connectivity index (χ4v) is 4.10. The van der Waals surface area contributed by atoms with Crippen molar-refractivity contribution < 1.29 is 17.9 Å². The molecule has 7 heteroatoms. The van der Waals surface area contributed by atoms with Gasteiger partial charge in [-0.15, -0.1) is 0 Å². The van der Waals surface area contributed by atoms with Crippen molar-refractivity contribution in [3.05, 3.63) is 29.8 Å². The summed E-state index contributed by atoms with van der Waals surface area (Å²) in [6, 6.07) is 6.36. The molecule has 2 atom stereocenters. The molecule has 2 rings (SSSR count). The molecule has 0 bridgehead atoms. The van der Waals surface area contributed by atoms with Crippen LogP contribution in [0, 0.1) is 6.92 Å². The first-order valence-corrected chi connectivity index (χ1v) is 10.1. The molecule has 0 unspecified atom stereocenters. The molecule has 1 aliphatic rings. The molecule has 0 aromatic heterocycles. The van der Waals surface area contributed by atoms with Gasteiger partial charge in [-0.1, -0.05) is 24.6 Å². The molecular formula is C17H26N2O4S. The van der Waals surface area contributed by atoms with E-state index in [2.05, 4.69) is 5.32 Å². The minimum atomic E-state index is -3.58. The number of ether oxygens (including phenoxy) is 1. The third kappa shape index (κ3) is 4.70. The van der Waals surface area contributed by atoms with Crippen LogP contribution >= 0.6 is 0 Å². The minimum Gasteiger partial charge on any atom is -0.376 e. The van der Waals surface area contributed by atoms with E-state index in [4.69, 9.17) is 4.74 Å². The van der Waals surface area contributed by atoms with E-state index in [1.165, 1.54) is 4.31 Å². The van der Waals surface area contributed by atoms with Crippen molar-refractivity contribution in [1.82, 2.24) is 5.32 Å². The first-order valence-electron chi connectivity index (χ1n) is 8.28. The van der Waals surface area contributed by atoms with E-state index in [1.54, 1.807) is 12.1 Å². The Morgan fingerprint density at radius 2 is 2.04 bits per heavy atom. The Labute approximate surface area is 144 Å². The van der Waals surface area contributed by atoms with Crippen molar-refractivity contribution in [3.63, 3.8) is 0 Å². The van der Waals surface area contributed by atoms with Crippen LogP contribution in [0.25, 0.3) is 0 Å². The second-order valence-corrected chi connectivity index (χ2v) is 8.06. The van der Waals surface area contributed by atoms with Crippen LogP contribution in [0.1, 0.15) is 31.7 Å². The van der Waals surface area contributed by atoms with Crippen molar-refractivity contribution in [2.75, 3.05) is 23.7 Å². The molecule has 134 valence electrons. The Balaban J connectivity index is 2.18. The van der Waals surface area contributed by atoms with Crippen molar-refractivity contribution in [3.8, 4) is 0 Å². The van der Waals surface area contributed by atoms with E-state index in [0.717, 1.165) is 31.3 Å². The van der Waals surface area contributed by atoms with Gasteiger partial charge in [0.15, 0.2) is 0 Å². The number of carbonyl (C=O) groups is 1. The number of nitrogens with zero attached hydrogens (tertiary/aromatic N) is 1. The average Bonchev–Trinajstić information content (AvgIpc) is 3.03. The van der Waals surface area contributed by atoms with Crippen LogP contribution in [0.5, 0.6) is 0 Å². The van der Waals surface area contributed by atoms with E-state index < -0.39 is 16.1 Å². The first-order chi connectivity index (χ1) is 11.3. The molecule has 1 amide bonds. The molecule has 0 aliphatic carbocycles. The summed E-state index contributed by atoms with van der Waals surface area (Å²) >= 11 is 0. The Morgan fingerprint density at radius 3 is 2.54 bits per heavy atom. The monoisotopic (exact) mass is 354 g/mol. The van der Waals surface area contributed by atoms with Gasteiger partial charge in [-0.25, -0.2) is 8.42 Å². The molecule has 0 saturated carbocycles. The number of sulfonamides is 1. The zero-order valence-corrected chi connectivity index (χ0v) is 15.3. The van der Waals surface area contributed by atoms with E-state index in [0.29, 0.717) is 18.7 Å². The summed E-state index contributed by atoms with van der Waals surface area (Å²) in [6.07, 6.45) is 3.46. The highest BCUT2D eigenvalue weighted by atomic mass is 32.2. The van der Waals surface area contributed by atoms with Crippen LogP contribution in [0.15, 0.2) is 24.3 Å². The van der Waals surface area contributed by atoms with Crippen molar-refractivity contribution in [2.24, 2.45) is 0 Å². The molecule has 1 aliphatic heterocycles. The van der Waals surface area contributed by atoms with Crippen LogP contribution in [0.2, 0.25) is 0 Å². The highest BCUT2D eigenvalue weighted by Crippen LogP contribution is 2.23. The van der Waals surface area contributed by atoms with Gasteiger partial charge in [0.1, 0.15) is 6.04 Å². The Bertz CT molecular complexity index is 652. The van der Waals surface area contributed by atoms with Crippen LogP contribution in [-0.2, 0) is 19.6 Å². The normalized spacial score (nSPS) is 19.0. The van der Waals surface area contributed by atoms with Crippen molar-refractivity contribution in [1.29, 1.82) is 0 Å². The van der Waals surface area contributed by atoms with Gasteiger partial charge in [-0.3, -0.25) is 9.10 Å². The van der Waals surface area contributed by atoms with Gasteiger partial charge in [0.2, 0.25) is 15.9 Å². The summed E-state index contributed by atoms with van der Waals surface area (Å²) in [6.45, 7) is 4.88. The van der Waals surface area contributed by atoms with Gasteiger partial charge in [-0.2, -0.15) is 0 Å². The van der Waals surface area contributed by atoms with Gasteiger partial charge < -0.3 is 10.1 Å². The number of aryl methyl sites for hydroxylation is 1. The lowest BCUT2D eigenvalue weighted by Gasteiger charge is -2.30. The Hall–Kier alpha value is -1.60. The molecular weight excluding hydrogens is 328 g/mol. The maximum atomic E-state index is 12.6. The molecule has 0 radical (unpaired) electrons. The van der Waals surface area contributed by atoms with Crippen LogP contribution in [0.4, 0.5) is 5.69 Å². The highest BCUT2D eigenvalue weighted by Gasteiger charge is 2.31. The topological polar surface area (TPSA) is 75.7 Å². The molecule has 0 spiro atoms. The Kier molecular flexibility index (Phi) is 6.23. The van der Waals surface area contributed by atoms with Crippen LogP contribution in [0.3, 0.4) is 0 Å². The summed E-state index contributed by atoms with van der Waals surface area (Å²) in [4.78, 5) is 12.6. The number of anilines is 1. The number of amides is 1. The second kappa shape index (κ2) is 7.98. The van der Waals surface area contributed by atoms with Gasteiger partial charge in [-0.05, 0) is 38.3 Å². The average molecular weight is 354 g/mol. The van der Waals surface area contributed by atoms with E-state index in [9.17, 15) is 13.2 Å². The SMILES string of the molecule is CC[C@@H](C(=O)NC[C@H]1CCCO1)N(c1ccc(C)cc1)S(C)(=O)=O. The number of nitrogens with one attached hydrogen (secondary N) is 1. The smallest absolute Gasteiger partial charge is 0.243 e. The predicted molar refractivity (Wildman–Crippen MR) is 94.6 cm³/mol. The summed E-state index contributed by atoms with van der Waals surface area (Å²) < 4.78 is 31.3. The van der Waals surface area contributed by atoms with Gasteiger partial charge >= 0.3 is 0 Å². The van der Waals surface area contributed by atoms with Gasteiger partial charge in [0.05, 0.1) is 18.0 Å². The number of hydrogen-bond donors (Lipinski definition) is 1. The van der Waals surface area contributed by atoms with Gasteiger partial charge in [0.25, 0.3) is 0 Å². The fraction of sp³-hybridized carbons (Fsp3) is 0.588. The molecule has 24 heavy (non-hydrogen) atoms. The highest BCUT2D eigenvalue weighted by molar-refractivity contribution is 7.92. The quantitative estimate of drug-likeness (QED) is 0.811. The zero-order chi connectivity index (χ0) is 17.7. The van der Waals surface area contributed by atoms with Crippen molar-refractivity contribution >= 4 is 21.6 Å². The molecule has 1 aromatic carbocycles. The largest absolute Gasteiger partial charge is 0.376 e. The second-order valence-electron chi connectivity index (χ2n) is 6.20. The number of benzene rings is 1. The van der Waals surface area contributed by atoms with E-state index in [1.807, 2.05) is 26.0 Å². The molecule has 1 saturated heterocycles. The van der Waals surface area contributed by atoms with E-state index >= 15 is 0 Å². The number of rotatable bonds is 7. The lowest BCUT2D eigenvalue weighted by atomic mass is 10.1. The predicted octanol–water partition coefficient (Wildman–Crippen LogP) is 1.83. The molecule has 1 aromatic rings. The van der Waals surface area contributed by atoms with Gasteiger partial charge in [0, 0.05) is 13.2 Å². The summed E-state index contributed by atoms with van der Waals surface area (Å²) in [5.74, 6) is -0.293. The van der Waals surface area contributed by atoms with Crippen LogP contribution < -0.4 is 9.62 Å². The minimum absolute atomic E-state index is 0.0255. The first kappa shape index (κ1) is 18.7. The maximum Gasteiger partial charge on any atom is 0.243 e. The lowest BCUT2D eigenvalue weighted by Crippen LogP contribution is -2.50. The number of carbonyl (C=O) groups excluding carboxylic acids is 1. The van der Waals surface area contributed by atoms with Crippen LogP contribution in [-0.4, -0.2) is 45.9 Å². The molecule has 6 nitrogen and oxygen atoms in total. The molecule has 1 N–H and O–H groups in total. The van der Waals surface area contributed by atoms with Crippen molar-refractivity contribution in [2.45, 2.75) is 45.3 Å². The summed E-state index contributed by atoms with van der Waals surface area (Å²) in [7, 11) is -3.58. The standard InChI is InChI=1S/C17H26N2O4S/c1-4-16(17(20)18-12-15-6-5-11-23-15)19(24(3,21)22)14-9-7-13(2)8-10-14/h7-10,15-16H,4-6,11-12H2,1-3H3,(H,18,20)/t15-,16+/m1/s1. The fourth-order valence-electron chi connectivity index (χ4n) is 2.89. The lowest BCUT2D eigenvalue weighted by molar-refractivity contribution is -0.122. The summed E-state index contributed by atoms with van der Waals surface area (Å²) in [5, 5.41) is 2.84. The third-order valence-electron chi connectivity index (χ3n) is 4.15. The summed E-state index contributed by atoms with van der Waals surface area (Å²) in [5.41, 5.74) is 1.53. The molecule has 1 fully saturated rings.